The Morgan fingerprint density at radius 3 is 2.70 bits per heavy atom. The Morgan fingerprint density at radius 1 is 1.17 bits per heavy atom. The fraction of sp³-hybridized carbons (Fsp3) is 0.333. The summed E-state index contributed by atoms with van der Waals surface area (Å²) in [4.78, 5) is 9.80. The smallest absolute Gasteiger partial charge is 0.109 e. The number of aromatic nitrogens is 3. The van der Waals surface area contributed by atoms with Gasteiger partial charge in [0.25, 0.3) is 0 Å². The molecule has 0 aliphatic heterocycles. The summed E-state index contributed by atoms with van der Waals surface area (Å²) in [5.41, 5.74) is 3.24. The quantitative estimate of drug-likeness (QED) is 0.696. The number of fused-ring (bicyclic) bond motifs is 1. The van der Waals surface area contributed by atoms with Crippen LogP contribution in [-0.4, -0.2) is 24.5 Å². The van der Waals surface area contributed by atoms with Crippen LogP contribution in [0.4, 0.5) is 0 Å². The summed E-state index contributed by atoms with van der Waals surface area (Å²) in [6, 6.07) is 9.67. The van der Waals surface area contributed by atoms with Gasteiger partial charge in [0.1, 0.15) is 11.3 Å². The maximum Gasteiger partial charge on any atom is 0.109 e. The molecule has 23 heavy (non-hydrogen) atoms. The number of hydrogen-bond acceptors (Lipinski definition) is 3. The molecule has 0 saturated carbocycles. The summed E-state index contributed by atoms with van der Waals surface area (Å²) in [5.74, 6) is 1.73. The van der Waals surface area contributed by atoms with Crippen LogP contribution in [0.2, 0.25) is 0 Å². The first-order valence-electron chi connectivity index (χ1n) is 7.94. The zero-order chi connectivity index (χ0) is 16.2. The predicted octanol–water partition coefficient (Wildman–Crippen LogP) is 3.50. The van der Waals surface area contributed by atoms with E-state index >= 15 is 0 Å². The SMILES string of the molecule is CCc1nc2cncc(C)c2n1CCCS(=O)c1ccccc1. The highest BCUT2D eigenvalue weighted by atomic mass is 32.2. The van der Waals surface area contributed by atoms with Crippen molar-refractivity contribution in [1.29, 1.82) is 0 Å². The van der Waals surface area contributed by atoms with Gasteiger partial charge < -0.3 is 4.57 Å². The van der Waals surface area contributed by atoms with Crippen molar-refractivity contribution < 1.29 is 4.21 Å². The summed E-state index contributed by atoms with van der Waals surface area (Å²) in [7, 11) is -0.939. The lowest BCUT2D eigenvalue weighted by Crippen LogP contribution is -2.08. The summed E-state index contributed by atoms with van der Waals surface area (Å²) < 4.78 is 14.6. The van der Waals surface area contributed by atoms with Gasteiger partial charge in [-0.1, -0.05) is 25.1 Å². The van der Waals surface area contributed by atoms with Gasteiger partial charge in [-0.3, -0.25) is 9.19 Å². The van der Waals surface area contributed by atoms with Gasteiger partial charge in [-0.2, -0.15) is 0 Å². The number of benzene rings is 1. The number of aryl methyl sites for hydroxylation is 3. The predicted molar refractivity (Wildman–Crippen MR) is 94.0 cm³/mol. The Balaban J connectivity index is 1.76. The molecule has 120 valence electrons. The monoisotopic (exact) mass is 327 g/mol. The summed E-state index contributed by atoms with van der Waals surface area (Å²) in [6.07, 6.45) is 5.44. The molecule has 0 bridgehead atoms. The Hall–Kier alpha value is -2.01. The molecule has 2 heterocycles. The minimum Gasteiger partial charge on any atom is -0.328 e. The molecule has 4 nitrogen and oxygen atoms in total. The van der Waals surface area contributed by atoms with Crippen LogP contribution in [0, 0.1) is 6.92 Å². The molecule has 0 N–H and O–H groups in total. The van der Waals surface area contributed by atoms with Crippen LogP contribution in [0.5, 0.6) is 0 Å². The molecule has 5 heteroatoms. The fourth-order valence-corrected chi connectivity index (χ4v) is 3.95. The van der Waals surface area contributed by atoms with Crippen molar-refractivity contribution in [1.82, 2.24) is 14.5 Å². The van der Waals surface area contributed by atoms with Crippen molar-refractivity contribution in [3.05, 3.63) is 54.1 Å². The zero-order valence-corrected chi connectivity index (χ0v) is 14.3. The van der Waals surface area contributed by atoms with Gasteiger partial charge in [0.2, 0.25) is 0 Å². The van der Waals surface area contributed by atoms with Crippen LogP contribution in [0.3, 0.4) is 0 Å². The van der Waals surface area contributed by atoms with Crippen LogP contribution < -0.4 is 0 Å². The van der Waals surface area contributed by atoms with Crippen molar-refractivity contribution in [3.63, 3.8) is 0 Å². The van der Waals surface area contributed by atoms with Gasteiger partial charge >= 0.3 is 0 Å². The van der Waals surface area contributed by atoms with Gasteiger partial charge in [0.05, 0.1) is 22.5 Å². The number of hydrogen-bond donors (Lipinski definition) is 0. The van der Waals surface area contributed by atoms with Crippen molar-refractivity contribution in [2.24, 2.45) is 0 Å². The van der Waals surface area contributed by atoms with Crippen LogP contribution >= 0.6 is 0 Å². The third kappa shape index (κ3) is 3.34. The largest absolute Gasteiger partial charge is 0.328 e. The van der Waals surface area contributed by atoms with E-state index in [1.165, 1.54) is 0 Å². The molecule has 0 spiro atoms. The van der Waals surface area contributed by atoms with Crippen molar-refractivity contribution in [2.45, 2.75) is 38.1 Å². The lowest BCUT2D eigenvalue weighted by molar-refractivity contribution is 0.647. The van der Waals surface area contributed by atoms with E-state index < -0.39 is 10.8 Å². The van der Waals surface area contributed by atoms with E-state index in [2.05, 4.69) is 28.4 Å². The maximum atomic E-state index is 12.3. The Kier molecular flexibility index (Phi) is 4.86. The Labute approximate surface area is 139 Å². The standard InChI is InChI=1S/C18H21N3OS/c1-3-17-20-16-13-19-12-14(2)18(16)21(17)10-7-11-23(22)15-8-5-4-6-9-15/h4-6,8-9,12-13H,3,7,10-11H2,1-2H3. The Morgan fingerprint density at radius 2 is 1.96 bits per heavy atom. The topological polar surface area (TPSA) is 47.8 Å². The Bertz CT molecular complexity index is 827. The zero-order valence-electron chi connectivity index (χ0n) is 13.5. The second-order valence-corrected chi connectivity index (χ2v) is 7.14. The van der Waals surface area contributed by atoms with Gasteiger partial charge in [0.15, 0.2) is 0 Å². The summed E-state index contributed by atoms with van der Waals surface area (Å²) >= 11 is 0. The highest BCUT2D eigenvalue weighted by molar-refractivity contribution is 7.85. The molecule has 1 atom stereocenters. The minimum atomic E-state index is -0.939. The van der Waals surface area contributed by atoms with Gasteiger partial charge in [-0.25, -0.2) is 4.98 Å². The molecule has 3 aromatic rings. The van der Waals surface area contributed by atoms with E-state index in [0.717, 1.165) is 46.7 Å². The first-order chi connectivity index (χ1) is 11.2. The third-order valence-corrected chi connectivity index (χ3v) is 5.40. The number of pyridine rings is 1. The molecule has 1 aromatic carbocycles. The summed E-state index contributed by atoms with van der Waals surface area (Å²) in [6.45, 7) is 5.01. The molecule has 0 amide bonds. The lowest BCUT2D eigenvalue weighted by atomic mass is 10.2. The number of rotatable bonds is 6. The molecule has 0 fully saturated rings. The second-order valence-electron chi connectivity index (χ2n) is 5.57. The van der Waals surface area contributed by atoms with Crippen LogP contribution in [0.15, 0.2) is 47.6 Å². The van der Waals surface area contributed by atoms with Gasteiger partial charge in [-0.15, -0.1) is 0 Å². The molecule has 0 saturated heterocycles. The van der Waals surface area contributed by atoms with Crippen LogP contribution in [0.1, 0.15) is 24.7 Å². The minimum absolute atomic E-state index is 0.664. The second kappa shape index (κ2) is 7.04. The maximum absolute atomic E-state index is 12.3. The van der Waals surface area contributed by atoms with Gasteiger partial charge in [0, 0.05) is 29.8 Å². The van der Waals surface area contributed by atoms with Crippen LogP contribution in [-0.2, 0) is 23.8 Å². The molecule has 3 rings (SSSR count). The molecule has 1 unspecified atom stereocenters. The fourth-order valence-electron chi connectivity index (χ4n) is 2.86. The number of imidazole rings is 1. The average molecular weight is 327 g/mol. The molecular formula is C18H21N3OS. The lowest BCUT2D eigenvalue weighted by Gasteiger charge is -2.09. The van der Waals surface area contributed by atoms with E-state index in [1.807, 2.05) is 42.7 Å². The van der Waals surface area contributed by atoms with Crippen molar-refractivity contribution in [2.75, 3.05) is 5.75 Å². The molecule has 0 aliphatic carbocycles. The number of nitrogens with zero attached hydrogens (tertiary/aromatic N) is 3. The first-order valence-corrected chi connectivity index (χ1v) is 9.25. The van der Waals surface area contributed by atoms with Crippen molar-refractivity contribution >= 4 is 21.8 Å². The van der Waals surface area contributed by atoms with Gasteiger partial charge in [-0.05, 0) is 31.0 Å². The highest BCUT2D eigenvalue weighted by Gasteiger charge is 2.12. The molecule has 0 aliphatic rings. The molecule has 0 radical (unpaired) electrons. The van der Waals surface area contributed by atoms with E-state index in [-0.39, 0.29) is 0 Å². The van der Waals surface area contributed by atoms with E-state index in [4.69, 9.17) is 0 Å². The van der Waals surface area contributed by atoms with E-state index in [9.17, 15) is 4.21 Å². The molecular weight excluding hydrogens is 306 g/mol. The van der Waals surface area contributed by atoms with Crippen LogP contribution in [0.25, 0.3) is 11.0 Å². The van der Waals surface area contributed by atoms with E-state index in [1.54, 1.807) is 0 Å². The summed E-state index contributed by atoms with van der Waals surface area (Å²) in [5, 5.41) is 0. The average Bonchev–Trinajstić information content (AvgIpc) is 2.95. The normalized spacial score (nSPS) is 12.6. The molecule has 2 aromatic heterocycles. The van der Waals surface area contributed by atoms with Crippen molar-refractivity contribution in [3.8, 4) is 0 Å². The third-order valence-electron chi connectivity index (χ3n) is 3.95. The first kappa shape index (κ1) is 15.9. The highest BCUT2D eigenvalue weighted by Crippen LogP contribution is 2.20. The van der Waals surface area contributed by atoms with E-state index in [0.29, 0.717) is 5.75 Å².